The van der Waals surface area contributed by atoms with Gasteiger partial charge in [-0.1, -0.05) is 27.7 Å². The monoisotopic (exact) mass is 1120 g/mol. The Bertz CT molecular complexity index is 2080. The molecular weight excluding hydrogens is 1030 g/mol. The fourth-order valence-corrected chi connectivity index (χ4v) is 15.8. The van der Waals surface area contributed by atoms with Gasteiger partial charge in [0.2, 0.25) is 66.5 Å². The van der Waals surface area contributed by atoms with Crippen LogP contribution in [0.1, 0.15) is 95.9 Å². The van der Waals surface area contributed by atoms with Crippen LogP contribution in [0.15, 0.2) is 48.5 Å². The number of hydrogen-bond donors (Lipinski definition) is 0. The van der Waals surface area contributed by atoms with E-state index in [-0.39, 0.29) is 23.7 Å². The third kappa shape index (κ3) is 16.5. The number of fused-ring (bicyclic) bond motifs is 8. The smallest absolute Gasteiger partial charge is 0.242 e. The summed E-state index contributed by atoms with van der Waals surface area (Å²) < 4.78 is 57.7. The average molecular weight is 1120 g/mol. The van der Waals surface area contributed by atoms with Crippen molar-refractivity contribution in [1.29, 1.82) is 0 Å². The molecule has 0 spiro atoms. The van der Waals surface area contributed by atoms with Crippen molar-refractivity contribution in [2.75, 3.05) is 0 Å². The molecule has 0 unspecified atom stereocenters. The second-order valence-corrected chi connectivity index (χ2v) is 63.7. The van der Waals surface area contributed by atoms with E-state index in [4.69, 9.17) is 35.4 Å². The third-order valence-corrected chi connectivity index (χ3v) is 18.3. The molecule has 400 valence electrons. The zero-order valence-corrected chi connectivity index (χ0v) is 58.2. The second-order valence-electron chi connectivity index (χ2n) is 28.3. The summed E-state index contributed by atoms with van der Waals surface area (Å²) in [6.07, 6.45) is 0. The Kier molecular flexibility index (Phi) is 17.3. The fraction of sp³-hybridized carbons (Fsp3) is 0.571. The Morgan fingerprint density at radius 3 is 0.375 bits per heavy atom. The Balaban J connectivity index is 2.15. The molecule has 8 nitrogen and oxygen atoms in total. The van der Waals surface area contributed by atoms with E-state index in [2.05, 4.69) is 233 Å². The molecule has 8 bridgehead atoms. The van der Waals surface area contributed by atoms with E-state index in [9.17, 15) is 0 Å². The predicted octanol–water partition coefficient (Wildman–Crippen LogP) is 18.3. The molecule has 0 fully saturated rings. The van der Waals surface area contributed by atoms with Crippen LogP contribution in [0.25, 0.3) is 0 Å². The summed E-state index contributed by atoms with van der Waals surface area (Å²) in [5, 5.41) is 0. The van der Waals surface area contributed by atoms with Crippen molar-refractivity contribution in [2.45, 2.75) is 208 Å². The van der Waals surface area contributed by atoms with Crippen LogP contribution in [0.2, 0.25) is 157 Å². The summed E-state index contributed by atoms with van der Waals surface area (Å²) in [4.78, 5) is 0. The summed E-state index contributed by atoms with van der Waals surface area (Å²) in [7, 11) is -17.4. The first kappa shape index (κ1) is 59.9. The molecule has 1 aliphatic carbocycles. The van der Waals surface area contributed by atoms with Crippen molar-refractivity contribution in [3.05, 3.63) is 93.0 Å². The molecule has 0 heterocycles. The minimum absolute atomic E-state index is 0.157. The summed E-state index contributed by atoms with van der Waals surface area (Å²) >= 11 is 0. The lowest BCUT2D eigenvalue weighted by Crippen LogP contribution is -2.33. The van der Waals surface area contributed by atoms with Gasteiger partial charge in [-0.2, -0.15) is 0 Å². The first-order valence-electron chi connectivity index (χ1n) is 26.5. The molecule has 16 heteroatoms. The van der Waals surface area contributed by atoms with Crippen LogP contribution in [-0.2, 0) is 0 Å². The molecule has 4 aromatic carbocycles. The molecule has 72 heavy (non-hydrogen) atoms. The molecule has 0 aromatic heterocycles. The van der Waals surface area contributed by atoms with Crippen LogP contribution >= 0.6 is 0 Å². The standard InChI is InChI=1S/C56H96O8Si8/c1-37-41-29-43(51(59-67(11,12)13)33-49(41)57-65(5,6)7)38(2)45-31-47(55(63-71(23,24)25)35-53(45)61-69(17,18)19)40(4)48-32-46(54(62-70(20,21)22)36-56(48)64-72(26,27)28)39(3)44-30-42(37)50(58-66(8,9)10)34-52(44)60-68(14,15)16/h29-40H,1-28H3. The van der Waals surface area contributed by atoms with E-state index in [1.165, 1.54) is 0 Å². The maximum atomic E-state index is 7.22. The predicted molar refractivity (Wildman–Crippen MR) is 328 cm³/mol. The summed E-state index contributed by atoms with van der Waals surface area (Å²) in [6, 6.07) is 18.5. The number of hydrogen-bond acceptors (Lipinski definition) is 8. The minimum Gasteiger partial charge on any atom is -0.544 e. The van der Waals surface area contributed by atoms with Gasteiger partial charge >= 0.3 is 0 Å². The van der Waals surface area contributed by atoms with Gasteiger partial charge in [0.05, 0.1) is 0 Å². The molecule has 5 rings (SSSR count). The molecule has 0 amide bonds. The van der Waals surface area contributed by atoms with Crippen molar-refractivity contribution >= 4 is 66.5 Å². The van der Waals surface area contributed by atoms with Crippen molar-refractivity contribution < 1.29 is 35.4 Å². The number of benzene rings is 4. The normalized spacial score (nSPS) is 18.3. The van der Waals surface area contributed by atoms with Gasteiger partial charge < -0.3 is 35.4 Å². The van der Waals surface area contributed by atoms with Crippen molar-refractivity contribution in [3.63, 3.8) is 0 Å². The van der Waals surface area contributed by atoms with E-state index in [0.717, 1.165) is 90.5 Å². The topological polar surface area (TPSA) is 73.8 Å². The van der Waals surface area contributed by atoms with Gasteiger partial charge in [-0.3, -0.25) is 0 Å². The van der Waals surface area contributed by atoms with E-state index < -0.39 is 66.5 Å². The van der Waals surface area contributed by atoms with Gasteiger partial charge in [0.25, 0.3) is 0 Å². The molecule has 0 N–H and O–H groups in total. The van der Waals surface area contributed by atoms with Crippen LogP contribution in [0.4, 0.5) is 0 Å². The van der Waals surface area contributed by atoms with Crippen LogP contribution in [0.5, 0.6) is 46.0 Å². The van der Waals surface area contributed by atoms with Crippen molar-refractivity contribution in [2.24, 2.45) is 0 Å². The van der Waals surface area contributed by atoms with Gasteiger partial charge in [0.15, 0.2) is 0 Å². The van der Waals surface area contributed by atoms with Gasteiger partial charge in [-0.25, -0.2) is 0 Å². The molecule has 0 atom stereocenters. The van der Waals surface area contributed by atoms with Crippen LogP contribution in [0, 0.1) is 0 Å². The maximum absolute atomic E-state index is 7.22. The van der Waals surface area contributed by atoms with Crippen LogP contribution < -0.4 is 35.4 Å². The molecule has 0 aliphatic heterocycles. The van der Waals surface area contributed by atoms with E-state index in [1.54, 1.807) is 0 Å². The largest absolute Gasteiger partial charge is 0.544 e. The van der Waals surface area contributed by atoms with Crippen LogP contribution in [-0.4, -0.2) is 66.5 Å². The van der Waals surface area contributed by atoms with Crippen LogP contribution in [0.3, 0.4) is 0 Å². The Hall–Kier alpha value is -2.98. The van der Waals surface area contributed by atoms with E-state index in [1.807, 2.05) is 0 Å². The van der Waals surface area contributed by atoms with Crippen molar-refractivity contribution in [1.82, 2.24) is 0 Å². The highest BCUT2D eigenvalue weighted by Crippen LogP contribution is 2.52. The SMILES string of the molecule is CC1c2cc(c(O[Si](C)(C)C)cc2O[Si](C)(C)C)C(C)c2cc(c(O[Si](C)(C)C)cc2O[Si](C)(C)C)C(C)c2cc(c(O[Si](C)(C)C)cc2O[Si](C)(C)C)C(C)c2cc1c(O[Si](C)(C)C)cc2O[Si](C)(C)C. The summed E-state index contributed by atoms with van der Waals surface area (Å²) in [5.74, 6) is 6.29. The minimum atomic E-state index is -2.17. The Labute approximate surface area is 446 Å². The highest BCUT2D eigenvalue weighted by molar-refractivity contribution is 6.73. The van der Waals surface area contributed by atoms with Gasteiger partial charge in [0.1, 0.15) is 46.0 Å². The van der Waals surface area contributed by atoms with E-state index in [0.29, 0.717) is 0 Å². The lowest BCUT2D eigenvalue weighted by atomic mass is 9.81. The summed E-state index contributed by atoms with van der Waals surface area (Å²) in [5.41, 5.74) is 8.81. The Morgan fingerprint density at radius 2 is 0.292 bits per heavy atom. The molecule has 1 aliphatic rings. The highest BCUT2D eigenvalue weighted by atomic mass is 28.4. The fourth-order valence-electron chi connectivity index (χ4n) is 9.11. The molecule has 4 aromatic rings. The average Bonchev–Trinajstić information content (AvgIpc) is 3.12. The molecule has 0 radical (unpaired) electrons. The zero-order chi connectivity index (χ0) is 54.9. The van der Waals surface area contributed by atoms with E-state index >= 15 is 0 Å². The maximum Gasteiger partial charge on any atom is 0.242 e. The lowest BCUT2D eigenvalue weighted by Gasteiger charge is -2.34. The Morgan fingerprint density at radius 1 is 0.194 bits per heavy atom. The summed E-state index contributed by atoms with van der Waals surface area (Å²) in [6.45, 7) is 63.6. The van der Waals surface area contributed by atoms with Crippen molar-refractivity contribution in [3.8, 4) is 46.0 Å². The molecule has 0 saturated carbocycles. The van der Waals surface area contributed by atoms with Gasteiger partial charge in [0, 0.05) is 92.4 Å². The van der Waals surface area contributed by atoms with Gasteiger partial charge in [-0.15, -0.1) is 0 Å². The molecule has 0 saturated heterocycles. The number of rotatable bonds is 16. The second kappa shape index (κ2) is 20.9. The zero-order valence-electron chi connectivity index (χ0n) is 50.2. The quantitative estimate of drug-likeness (QED) is 0.103. The highest BCUT2D eigenvalue weighted by Gasteiger charge is 2.37. The first-order valence-corrected chi connectivity index (χ1v) is 53.8. The first-order chi connectivity index (χ1) is 32.3. The molecular formula is C56H96O8Si8. The third-order valence-electron chi connectivity index (χ3n) is 11.6. The lowest BCUT2D eigenvalue weighted by molar-refractivity contribution is 0.506. The van der Waals surface area contributed by atoms with Gasteiger partial charge in [-0.05, 0) is 181 Å².